The van der Waals surface area contributed by atoms with Crippen molar-refractivity contribution in [2.24, 2.45) is 0 Å². The van der Waals surface area contributed by atoms with Crippen LogP contribution in [0.15, 0.2) is 42.5 Å². The lowest BCUT2D eigenvalue weighted by atomic mass is 10.2. The summed E-state index contributed by atoms with van der Waals surface area (Å²) < 4.78 is 1.01. The van der Waals surface area contributed by atoms with E-state index in [1.165, 1.54) is 34.4 Å². The minimum atomic E-state index is -0.494. The molecule has 140 valence electrons. The number of thiazole rings is 1. The van der Waals surface area contributed by atoms with Gasteiger partial charge in [-0.2, -0.15) is 0 Å². The zero-order valence-corrected chi connectivity index (χ0v) is 16.2. The Kier molecular flexibility index (Phi) is 5.48. The molecule has 7 nitrogen and oxygen atoms in total. The van der Waals surface area contributed by atoms with Crippen LogP contribution < -0.4 is 9.80 Å². The van der Waals surface area contributed by atoms with E-state index in [-0.39, 0.29) is 17.2 Å². The maximum Gasteiger partial charge on any atom is 0.270 e. The molecule has 2 aromatic carbocycles. The Hall–Kier alpha value is -2.84. The van der Waals surface area contributed by atoms with Gasteiger partial charge in [0.2, 0.25) is 0 Å². The van der Waals surface area contributed by atoms with Crippen molar-refractivity contribution in [3.05, 3.63) is 63.7 Å². The zero-order valence-electron chi connectivity index (χ0n) is 15.4. The van der Waals surface area contributed by atoms with Crippen molar-refractivity contribution in [2.45, 2.75) is 6.92 Å². The summed E-state index contributed by atoms with van der Waals surface area (Å²) in [6.45, 7) is 3.22. The molecule has 8 heteroatoms. The summed E-state index contributed by atoms with van der Waals surface area (Å²) in [5.74, 6) is -0.282. The van der Waals surface area contributed by atoms with Gasteiger partial charge in [-0.25, -0.2) is 4.98 Å². The summed E-state index contributed by atoms with van der Waals surface area (Å²) in [5, 5.41) is 11.7. The predicted molar refractivity (Wildman–Crippen MR) is 107 cm³/mol. The Balaban J connectivity index is 2.00. The standard InChI is InChI=1S/C19H20N4O3S/c1-13-7-8-16-17(11-13)27-19(20-16)22(10-9-21(2)3)18(24)14-5-4-6-15(12-14)23(25)26/h4-8,11-12H,9-10H2,1-3H3/p+1. The van der Waals surface area contributed by atoms with Crippen LogP contribution >= 0.6 is 11.3 Å². The molecule has 0 bridgehead atoms. The van der Waals surface area contributed by atoms with Crippen molar-refractivity contribution < 1.29 is 14.6 Å². The Morgan fingerprint density at radius 3 is 2.74 bits per heavy atom. The number of likely N-dealkylation sites (N-methyl/N-ethyl adjacent to an activating group) is 1. The SMILES string of the molecule is Cc1ccc2nc(N(CC[NH+](C)C)C(=O)c3cccc([N+](=O)[O-])c3)sc2c1. The molecule has 0 unspecified atom stereocenters. The number of aryl methyl sites for hydroxylation is 1. The van der Waals surface area contributed by atoms with E-state index in [1.807, 2.05) is 39.2 Å². The highest BCUT2D eigenvalue weighted by atomic mass is 32.1. The van der Waals surface area contributed by atoms with E-state index in [0.29, 0.717) is 11.7 Å². The van der Waals surface area contributed by atoms with Gasteiger partial charge in [0.05, 0.1) is 42.3 Å². The fraction of sp³-hybridized carbons (Fsp3) is 0.263. The average Bonchev–Trinajstić information content (AvgIpc) is 3.04. The smallest absolute Gasteiger partial charge is 0.270 e. The van der Waals surface area contributed by atoms with Gasteiger partial charge in [-0.15, -0.1) is 0 Å². The first-order valence-electron chi connectivity index (χ1n) is 8.57. The van der Waals surface area contributed by atoms with Crippen molar-refractivity contribution in [3.63, 3.8) is 0 Å². The van der Waals surface area contributed by atoms with Gasteiger partial charge in [0.25, 0.3) is 11.6 Å². The van der Waals surface area contributed by atoms with Gasteiger partial charge in [-0.3, -0.25) is 19.8 Å². The highest BCUT2D eigenvalue weighted by molar-refractivity contribution is 7.22. The number of anilines is 1. The van der Waals surface area contributed by atoms with Gasteiger partial charge in [0.15, 0.2) is 5.13 Å². The number of aromatic nitrogens is 1. The van der Waals surface area contributed by atoms with E-state index in [2.05, 4.69) is 4.98 Å². The number of benzene rings is 2. The average molecular weight is 385 g/mol. The highest BCUT2D eigenvalue weighted by Gasteiger charge is 2.23. The second-order valence-corrected chi connectivity index (χ2v) is 7.70. The molecule has 1 aromatic heterocycles. The van der Waals surface area contributed by atoms with Gasteiger partial charge in [0.1, 0.15) is 0 Å². The van der Waals surface area contributed by atoms with E-state index in [9.17, 15) is 14.9 Å². The normalized spacial score (nSPS) is 11.1. The molecule has 0 spiro atoms. The topological polar surface area (TPSA) is 80.8 Å². The summed E-state index contributed by atoms with van der Waals surface area (Å²) >= 11 is 1.46. The lowest BCUT2D eigenvalue weighted by Crippen LogP contribution is -3.06. The summed E-state index contributed by atoms with van der Waals surface area (Å²) in [6, 6.07) is 11.8. The van der Waals surface area contributed by atoms with Gasteiger partial charge in [0, 0.05) is 17.7 Å². The molecule has 0 aliphatic rings. The maximum atomic E-state index is 13.1. The lowest BCUT2D eigenvalue weighted by Gasteiger charge is -2.20. The van der Waals surface area contributed by atoms with Gasteiger partial charge >= 0.3 is 0 Å². The molecule has 27 heavy (non-hydrogen) atoms. The van der Waals surface area contributed by atoms with Crippen LogP contribution in [0.25, 0.3) is 10.2 Å². The Morgan fingerprint density at radius 1 is 1.26 bits per heavy atom. The maximum absolute atomic E-state index is 13.1. The Morgan fingerprint density at radius 2 is 2.04 bits per heavy atom. The number of fused-ring (bicyclic) bond motifs is 1. The first kappa shape index (κ1) is 18.9. The van der Waals surface area contributed by atoms with Crippen molar-refractivity contribution in [1.29, 1.82) is 0 Å². The number of amides is 1. The fourth-order valence-corrected chi connectivity index (χ4v) is 3.75. The predicted octanol–water partition coefficient (Wildman–Crippen LogP) is 2.30. The number of hydrogen-bond donors (Lipinski definition) is 1. The molecular formula is C19H21N4O3S+. The van der Waals surface area contributed by atoms with Crippen molar-refractivity contribution in [1.82, 2.24) is 4.98 Å². The number of nitrogens with zero attached hydrogens (tertiary/aromatic N) is 3. The molecular weight excluding hydrogens is 364 g/mol. The molecule has 3 aromatic rings. The van der Waals surface area contributed by atoms with Crippen LogP contribution in [-0.4, -0.2) is 43.0 Å². The van der Waals surface area contributed by atoms with E-state index in [1.54, 1.807) is 11.0 Å². The fourth-order valence-electron chi connectivity index (χ4n) is 2.66. The molecule has 0 radical (unpaired) electrons. The number of carbonyl (C=O) groups is 1. The molecule has 0 aliphatic carbocycles. The minimum Gasteiger partial charge on any atom is -0.338 e. The number of nitro benzene ring substituents is 1. The third-order valence-electron chi connectivity index (χ3n) is 4.15. The summed E-state index contributed by atoms with van der Waals surface area (Å²) in [5.41, 5.74) is 2.16. The second-order valence-electron chi connectivity index (χ2n) is 6.69. The number of non-ortho nitro benzene ring substituents is 1. The third-order valence-corrected chi connectivity index (χ3v) is 5.19. The number of nitro groups is 1. The van der Waals surface area contributed by atoms with Crippen LogP contribution in [0.3, 0.4) is 0 Å². The number of nitrogens with one attached hydrogen (secondary N) is 1. The second kappa shape index (κ2) is 7.81. The minimum absolute atomic E-state index is 0.0982. The Labute approximate surface area is 161 Å². The van der Waals surface area contributed by atoms with Crippen molar-refractivity contribution in [2.75, 3.05) is 32.1 Å². The molecule has 1 N–H and O–H groups in total. The van der Waals surface area contributed by atoms with E-state index in [0.717, 1.165) is 22.3 Å². The van der Waals surface area contributed by atoms with Crippen LogP contribution in [0.2, 0.25) is 0 Å². The molecule has 0 aliphatic heterocycles. The quantitative estimate of drug-likeness (QED) is 0.522. The number of rotatable bonds is 6. The molecule has 0 saturated carbocycles. The monoisotopic (exact) mass is 385 g/mol. The summed E-state index contributed by atoms with van der Waals surface area (Å²) in [6.07, 6.45) is 0. The number of quaternary nitrogens is 1. The largest absolute Gasteiger partial charge is 0.338 e. The first-order chi connectivity index (χ1) is 12.8. The zero-order chi connectivity index (χ0) is 19.6. The van der Waals surface area contributed by atoms with Gasteiger partial charge < -0.3 is 4.90 Å². The van der Waals surface area contributed by atoms with E-state index < -0.39 is 4.92 Å². The van der Waals surface area contributed by atoms with E-state index >= 15 is 0 Å². The number of carbonyl (C=O) groups excluding carboxylic acids is 1. The molecule has 1 amide bonds. The highest BCUT2D eigenvalue weighted by Crippen LogP contribution is 2.30. The first-order valence-corrected chi connectivity index (χ1v) is 9.39. The van der Waals surface area contributed by atoms with Gasteiger partial charge in [-0.05, 0) is 30.7 Å². The van der Waals surface area contributed by atoms with Crippen molar-refractivity contribution >= 4 is 38.3 Å². The van der Waals surface area contributed by atoms with Crippen molar-refractivity contribution in [3.8, 4) is 0 Å². The summed E-state index contributed by atoms with van der Waals surface area (Å²) in [7, 11) is 4.02. The van der Waals surface area contributed by atoms with Crippen LogP contribution in [0.4, 0.5) is 10.8 Å². The number of hydrogen-bond acceptors (Lipinski definition) is 5. The summed E-state index contributed by atoms with van der Waals surface area (Å²) in [4.78, 5) is 31.1. The third kappa shape index (κ3) is 4.29. The van der Waals surface area contributed by atoms with Crippen LogP contribution in [0.1, 0.15) is 15.9 Å². The molecule has 0 atom stereocenters. The van der Waals surface area contributed by atoms with Gasteiger partial charge in [-0.1, -0.05) is 23.5 Å². The Bertz CT molecular complexity index is 1000. The molecule has 3 rings (SSSR count). The molecule has 0 fully saturated rings. The molecule has 0 saturated heterocycles. The van der Waals surface area contributed by atoms with E-state index in [4.69, 9.17) is 0 Å². The van der Waals surface area contributed by atoms with Crippen LogP contribution in [0.5, 0.6) is 0 Å². The van der Waals surface area contributed by atoms with Crippen LogP contribution in [0, 0.1) is 17.0 Å². The van der Waals surface area contributed by atoms with Crippen LogP contribution in [-0.2, 0) is 0 Å². The lowest BCUT2D eigenvalue weighted by molar-refractivity contribution is -0.856. The molecule has 1 heterocycles.